The highest BCUT2D eigenvalue weighted by atomic mass is 79.9. The van der Waals surface area contributed by atoms with E-state index in [1.54, 1.807) is 19.2 Å². The lowest BCUT2D eigenvalue weighted by molar-refractivity contribution is 0.102. The van der Waals surface area contributed by atoms with Crippen LogP contribution in [0.25, 0.3) is 21.7 Å². The Morgan fingerprint density at radius 1 is 0.931 bits per heavy atom. The molecule has 3 aromatic carbocycles. The van der Waals surface area contributed by atoms with Crippen LogP contribution in [0.2, 0.25) is 0 Å². The van der Waals surface area contributed by atoms with Gasteiger partial charge in [-0.3, -0.25) is 10.1 Å². The molecule has 0 unspecified atom stereocenters. The summed E-state index contributed by atoms with van der Waals surface area (Å²) in [5.74, 6) is 0.607. The Bertz CT molecular complexity index is 1120. The van der Waals surface area contributed by atoms with E-state index in [1.165, 1.54) is 11.3 Å². The van der Waals surface area contributed by atoms with Crippen LogP contribution in [0.3, 0.4) is 0 Å². The molecule has 29 heavy (non-hydrogen) atoms. The Hall–Kier alpha value is -2.96. The van der Waals surface area contributed by atoms with Gasteiger partial charge in [0.15, 0.2) is 5.13 Å². The number of carbonyl (C=O) groups excluding carboxylic acids is 1. The summed E-state index contributed by atoms with van der Waals surface area (Å²) in [5.41, 5.74) is 3.44. The number of nitrogens with zero attached hydrogens (tertiary/aromatic N) is 1. The van der Waals surface area contributed by atoms with Gasteiger partial charge in [-0.2, -0.15) is 0 Å². The topological polar surface area (TPSA) is 51.2 Å². The Balaban J connectivity index is 1.71. The summed E-state index contributed by atoms with van der Waals surface area (Å²) >= 11 is 4.84. The van der Waals surface area contributed by atoms with Crippen LogP contribution < -0.4 is 10.1 Å². The van der Waals surface area contributed by atoms with Crippen molar-refractivity contribution >= 4 is 38.3 Å². The zero-order valence-electron chi connectivity index (χ0n) is 15.6. The third kappa shape index (κ3) is 4.39. The van der Waals surface area contributed by atoms with Crippen LogP contribution in [0.5, 0.6) is 5.75 Å². The van der Waals surface area contributed by atoms with Gasteiger partial charge in [0.2, 0.25) is 0 Å². The summed E-state index contributed by atoms with van der Waals surface area (Å²) < 4.78 is 6.19. The van der Waals surface area contributed by atoms with Gasteiger partial charge in [0, 0.05) is 15.6 Å². The number of hydrogen-bond acceptors (Lipinski definition) is 4. The largest absolute Gasteiger partial charge is 0.497 e. The van der Waals surface area contributed by atoms with Crippen molar-refractivity contribution in [2.45, 2.75) is 0 Å². The Morgan fingerprint density at radius 3 is 2.28 bits per heavy atom. The minimum atomic E-state index is -0.188. The molecule has 0 aliphatic heterocycles. The van der Waals surface area contributed by atoms with Crippen molar-refractivity contribution in [3.8, 4) is 27.4 Å². The number of aromatic nitrogens is 1. The first kappa shape index (κ1) is 19.4. The molecule has 0 saturated heterocycles. The first-order valence-corrected chi connectivity index (χ1v) is 10.5. The zero-order chi connectivity index (χ0) is 20.2. The molecular weight excluding hydrogens is 448 g/mol. The lowest BCUT2D eigenvalue weighted by Gasteiger charge is -2.04. The summed E-state index contributed by atoms with van der Waals surface area (Å²) in [6.07, 6.45) is 0. The van der Waals surface area contributed by atoms with E-state index in [-0.39, 0.29) is 5.91 Å². The monoisotopic (exact) mass is 464 g/mol. The van der Waals surface area contributed by atoms with E-state index in [0.717, 1.165) is 31.9 Å². The molecule has 0 fully saturated rings. The van der Waals surface area contributed by atoms with Crippen LogP contribution in [0.15, 0.2) is 83.3 Å². The van der Waals surface area contributed by atoms with E-state index in [1.807, 2.05) is 66.7 Å². The smallest absolute Gasteiger partial charge is 0.257 e. The quantitative estimate of drug-likeness (QED) is 0.366. The standard InChI is InChI=1S/C23H17BrN2O2S/c1-28-19-13-9-16(10-14-19)21-20(15-5-3-2-4-6-15)25-23(29-21)26-22(27)17-7-11-18(24)12-8-17/h2-14H,1H3,(H,25,26,27). The maximum atomic E-state index is 12.6. The lowest BCUT2D eigenvalue weighted by Crippen LogP contribution is -2.11. The Morgan fingerprint density at radius 2 is 1.62 bits per heavy atom. The number of anilines is 1. The molecule has 0 spiro atoms. The Kier molecular flexibility index (Phi) is 5.74. The highest BCUT2D eigenvalue weighted by Gasteiger charge is 2.17. The molecule has 0 bridgehead atoms. The maximum Gasteiger partial charge on any atom is 0.257 e. The van der Waals surface area contributed by atoms with E-state index >= 15 is 0 Å². The average Bonchev–Trinajstić information content (AvgIpc) is 3.18. The molecule has 0 aliphatic carbocycles. The summed E-state index contributed by atoms with van der Waals surface area (Å²) in [7, 11) is 1.65. The molecule has 4 nitrogen and oxygen atoms in total. The van der Waals surface area contributed by atoms with E-state index in [0.29, 0.717) is 10.7 Å². The van der Waals surface area contributed by atoms with Crippen molar-refractivity contribution in [3.63, 3.8) is 0 Å². The van der Waals surface area contributed by atoms with Gasteiger partial charge >= 0.3 is 0 Å². The highest BCUT2D eigenvalue weighted by Crippen LogP contribution is 2.39. The van der Waals surface area contributed by atoms with Crippen LogP contribution in [0, 0.1) is 0 Å². The van der Waals surface area contributed by atoms with Crippen LogP contribution in [-0.4, -0.2) is 18.0 Å². The second kappa shape index (κ2) is 8.59. The molecule has 144 valence electrons. The van der Waals surface area contributed by atoms with Crippen molar-refractivity contribution < 1.29 is 9.53 Å². The van der Waals surface area contributed by atoms with Gasteiger partial charge in [-0.25, -0.2) is 4.98 Å². The van der Waals surface area contributed by atoms with E-state index in [9.17, 15) is 4.79 Å². The first-order chi connectivity index (χ1) is 14.1. The third-order valence-electron chi connectivity index (χ3n) is 4.35. The number of methoxy groups -OCH3 is 1. The molecule has 1 N–H and O–H groups in total. The highest BCUT2D eigenvalue weighted by molar-refractivity contribution is 9.10. The molecule has 0 atom stereocenters. The average molecular weight is 465 g/mol. The number of ether oxygens (including phenoxy) is 1. The number of nitrogens with one attached hydrogen (secondary N) is 1. The molecule has 1 aromatic heterocycles. The van der Waals surface area contributed by atoms with Crippen molar-refractivity contribution in [2.24, 2.45) is 0 Å². The summed E-state index contributed by atoms with van der Waals surface area (Å²) in [5, 5.41) is 3.49. The molecule has 1 amide bonds. The van der Waals surface area contributed by atoms with Crippen LogP contribution in [0.1, 0.15) is 10.4 Å². The van der Waals surface area contributed by atoms with Gasteiger partial charge in [-0.1, -0.05) is 57.6 Å². The molecule has 0 saturated carbocycles. The predicted molar refractivity (Wildman–Crippen MR) is 122 cm³/mol. The van der Waals surface area contributed by atoms with Crippen molar-refractivity contribution in [2.75, 3.05) is 12.4 Å². The molecule has 0 aliphatic rings. The number of rotatable bonds is 5. The fraction of sp³-hybridized carbons (Fsp3) is 0.0435. The van der Waals surface area contributed by atoms with Gasteiger partial charge in [0.1, 0.15) is 5.75 Å². The molecule has 4 aromatic rings. The van der Waals surface area contributed by atoms with Gasteiger partial charge < -0.3 is 4.74 Å². The third-order valence-corrected chi connectivity index (χ3v) is 5.90. The summed E-state index contributed by atoms with van der Waals surface area (Å²) in [4.78, 5) is 18.3. The van der Waals surface area contributed by atoms with E-state index in [4.69, 9.17) is 9.72 Å². The molecule has 6 heteroatoms. The molecular formula is C23H17BrN2O2S. The molecule has 1 heterocycles. The van der Waals surface area contributed by atoms with Crippen molar-refractivity contribution in [1.29, 1.82) is 0 Å². The number of benzene rings is 3. The molecule has 4 rings (SSSR count). The van der Waals surface area contributed by atoms with Gasteiger partial charge in [-0.05, 0) is 54.1 Å². The van der Waals surface area contributed by atoms with Crippen LogP contribution in [-0.2, 0) is 0 Å². The normalized spacial score (nSPS) is 10.6. The molecule has 0 radical (unpaired) electrons. The van der Waals surface area contributed by atoms with Gasteiger partial charge in [0.25, 0.3) is 5.91 Å². The van der Waals surface area contributed by atoms with Gasteiger partial charge in [-0.15, -0.1) is 0 Å². The van der Waals surface area contributed by atoms with Crippen molar-refractivity contribution in [3.05, 3.63) is 88.9 Å². The minimum absolute atomic E-state index is 0.188. The number of hydrogen-bond donors (Lipinski definition) is 1. The number of halogens is 1. The predicted octanol–water partition coefficient (Wildman–Crippen LogP) is 6.50. The van der Waals surface area contributed by atoms with Crippen LogP contribution in [0.4, 0.5) is 5.13 Å². The number of carbonyl (C=O) groups is 1. The van der Waals surface area contributed by atoms with Crippen LogP contribution >= 0.6 is 27.3 Å². The van der Waals surface area contributed by atoms with E-state index in [2.05, 4.69) is 21.2 Å². The fourth-order valence-electron chi connectivity index (χ4n) is 2.87. The summed E-state index contributed by atoms with van der Waals surface area (Å²) in [6.45, 7) is 0. The first-order valence-electron chi connectivity index (χ1n) is 8.91. The number of amides is 1. The number of thiazole rings is 1. The SMILES string of the molecule is COc1ccc(-c2sc(NC(=O)c3ccc(Br)cc3)nc2-c2ccccc2)cc1. The minimum Gasteiger partial charge on any atom is -0.497 e. The summed E-state index contributed by atoms with van der Waals surface area (Å²) in [6, 6.07) is 25.0. The second-order valence-corrected chi connectivity index (χ2v) is 8.17. The zero-order valence-corrected chi connectivity index (χ0v) is 18.0. The van der Waals surface area contributed by atoms with Gasteiger partial charge in [0.05, 0.1) is 17.7 Å². The lowest BCUT2D eigenvalue weighted by atomic mass is 10.1. The van der Waals surface area contributed by atoms with E-state index < -0.39 is 0 Å². The maximum absolute atomic E-state index is 12.6. The fourth-order valence-corrected chi connectivity index (χ4v) is 4.13. The Labute approximate surface area is 181 Å². The second-order valence-electron chi connectivity index (χ2n) is 6.25. The van der Waals surface area contributed by atoms with Crippen molar-refractivity contribution in [1.82, 2.24) is 4.98 Å².